The normalized spacial score (nSPS) is 21.8. The van der Waals surface area contributed by atoms with Gasteiger partial charge in [-0.15, -0.1) is 0 Å². The van der Waals surface area contributed by atoms with Crippen LogP contribution in [0.3, 0.4) is 0 Å². The van der Waals surface area contributed by atoms with Gasteiger partial charge in [-0.1, -0.05) is 23.7 Å². The Labute approximate surface area is 209 Å². The number of rotatable bonds is 5. The summed E-state index contributed by atoms with van der Waals surface area (Å²) < 4.78 is 44.9. The van der Waals surface area contributed by atoms with Gasteiger partial charge in [0.1, 0.15) is 11.7 Å². The number of hydrogen-bond acceptors (Lipinski definition) is 5. The van der Waals surface area contributed by atoms with E-state index in [9.17, 15) is 22.8 Å². The Morgan fingerprint density at radius 1 is 0.889 bits per heavy atom. The Hall–Kier alpha value is -3.56. The van der Waals surface area contributed by atoms with Crippen molar-refractivity contribution in [2.45, 2.75) is 25.2 Å². The Kier molecular flexibility index (Phi) is 6.13. The lowest BCUT2D eigenvalue weighted by molar-refractivity contribution is -0.137. The number of benzene rings is 3. The summed E-state index contributed by atoms with van der Waals surface area (Å²) in [6, 6.07) is 16.7. The third kappa shape index (κ3) is 4.18. The second kappa shape index (κ2) is 9.15. The van der Waals surface area contributed by atoms with E-state index in [1.165, 1.54) is 17.2 Å². The van der Waals surface area contributed by atoms with Gasteiger partial charge in [0.2, 0.25) is 5.91 Å². The second-order valence-corrected chi connectivity index (χ2v) is 8.79. The second-order valence-electron chi connectivity index (χ2n) is 8.36. The summed E-state index contributed by atoms with van der Waals surface area (Å²) in [5.41, 5.74) is 0.451. The molecule has 3 atom stereocenters. The number of halogens is 4. The van der Waals surface area contributed by atoms with Gasteiger partial charge in [-0.25, -0.2) is 9.96 Å². The predicted molar refractivity (Wildman–Crippen MR) is 127 cm³/mol. The fourth-order valence-electron chi connectivity index (χ4n) is 4.55. The molecule has 6 nitrogen and oxygen atoms in total. The molecular weight excluding hydrogens is 497 g/mol. The predicted octanol–water partition coefficient (Wildman–Crippen LogP) is 5.81. The molecule has 0 N–H and O–H groups in total. The Morgan fingerprint density at radius 3 is 2.08 bits per heavy atom. The third-order valence-corrected chi connectivity index (χ3v) is 6.43. The van der Waals surface area contributed by atoms with Crippen molar-refractivity contribution in [3.63, 3.8) is 0 Å². The van der Waals surface area contributed by atoms with E-state index in [4.69, 9.17) is 21.2 Å². The molecule has 3 aromatic carbocycles. The van der Waals surface area contributed by atoms with E-state index in [0.717, 1.165) is 17.0 Å². The number of carbonyl (C=O) groups is 2. The summed E-state index contributed by atoms with van der Waals surface area (Å²) in [6.07, 6.45) is -5.65. The first-order chi connectivity index (χ1) is 17.2. The van der Waals surface area contributed by atoms with Crippen LogP contribution < -0.4 is 14.7 Å². The zero-order valence-electron chi connectivity index (χ0n) is 18.9. The van der Waals surface area contributed by atoms with Gasteiger partial charge in [-0.2, -0.15) is 13.2 Å². The monoisotopic (exact) mass is 516 g/mol. The molecule has 3 aromatic rings. The molecule has 10 heteroatoms. The number of nitrogens with zero attached hydrogens (tertiary/aromatic N) is 2. The zero-order valence-corrected chi connectivity index (χ0v) is 19.7. The molecule has 5 rings (SSSR count). The van der Waals surface area contributed by atoms with Gasteiger partial charge in [0.05, 0.1) is 29.6 Å². The lowest BCUT2D eigenvalue weighted by Gasteiger charge is -2.29. The van der Waals surface area contributed by atoms with E-state index in [1.807, 2.05) is 6.92 Å². The lowest BCUT2D eigenvalue weighted by Crippen LogP contribution is -2.37. The average molecular weight is 517 g/mol. The molecule has 2 aliphatic heterocycles. The van der Waals surface area contributed by atoms with Crippen LogP contribution >= 0.6 is 11.6 Å². The molecular formula is C26H20ClF3N2O4. The van der Waals surface area contributed by atoms with E-state index in [1.54, 1.807) is 48.5 Å². The van der Waals surface area contributed by atoms with Crippen LogP contribution in [0.15, 0.2) is 72.8 Å². The molecule has 0 aliphatic carbocycles. The maximum absolute atomic E-state index is 13.6. The van der Waals surface area contributed by atoms with Gasteiger partial charge in [0, 0.05) is 5.02 Å². The number of carbonyl (C=O) groups excluding carboxylic acids is 2. The number of amides is 2. The molecule has 2 amide bonds. The Bertz CT molecular complexity index is 1280. The molecule has 0 bridgehead atoms. The van der Waals surface area contributed by atoms with E-state index in [0.29, 0.717) is 34.3 Å². The van der Waals surface area contributed by atoms with Crippen LogP contribution in [-0.2, 0) is 20.6 Å². The fraction of sp³-hybridized carbons (Fsp3) is 0.231. The number of fused-ring (bicyclic) bond motifs is 1. The summed E-state index contributed by atoms with van der Waals surface area (Å²) in [5, 5.41) is 1.87. The first kappa shape index (κ1) is 24.1. The maximum Gasteiger partial charge on any atom is 0.416 e. The van der Waals surface area contributed by atoms with E-state index < -0.39 is 41.6 Å². The highest BCUT2D eigenvalue weighted by Crippen LogP contribution is 2.48. The molecule has 0 radical (unpaired) electrons. The van der Waals surface area contributed by atoms with Gasteiger partial charge in [-0.05, 0) is 73.2 Å². The van der Waals surface area contributed by atoms with Crippen molar-refractivity contribution < 1.29 is 32.3 Å². The van der Waals surface area contributed by atoms with Crippen LogP contribution in [-0.4, -0.2) is 24.5 Å². The lowest BCUT2D eigenvalue weighted by atomic mass is 9.90. The van der Waals surface area contributed by atoms with Crippen molar-refractivity contribution in [3.8, 4) is 5.75 Å². The highest BCUT2D eigenvalue weighted by Gasteiger charge is 2.60. The van der Waals surface area contributed by atoms with Gasteiger partial charge in [0.15, 0.2) is 6.10 Å². The van der Waals surface area contributed by atoms with Crippen LogP contribution in [0.25, 0.3) is 0 Å². The van der Waals surface area contributed by atoms with Gasteiger partial charge >= 0.3 is 6.18 Å². The first-order valence-corrected chi connectivity index (χ1v) is 11.6. The van der Waals surface area contributed by atoms with E-state index >= 15 is 0 Å². The summed E-state index contributed by atoms with van der Waals surface area (Å²) in [5.74, 6) is -1.44. The zero-order chi connectivity index (χ0) is 25.6. The van der Waals surface area contributed by atoms with Crippen molar-refractivity contribution in [2.75, 3.05) is 16.6 Å². The molecule has 186 valence electrons. The first-order valence-electron chi connectivity index (χ1n) is 11.2. The number of hydrogen-bond donors (Lipinski definition) is 0. The van der Waals surface area contributed by atoms with Crippen LogP contribution in [0.2, 0.25) is 5.02 Å². The van der Waals surface area contributed by atoms with E-state index in [2.05, 4.69) is 0 Å². The summed E-state index contributed by atoms with van der Waals surface area (Å²) in [7, 11) is 0. The summed E-state index contributed by atoms with van der Waals surface area (Å²) in [4.78, 5) is 34.0. The quantitative estimate of drug-likeness (QED) is 0.401. The molecule has 2 fully saturated rings. The molecule has 0 spiro atoms. The third-order valence-electron chi connectivity index (χ3n) is 6.18. The van der Waals surface area contributed by atoms with Crippen LogP contribution in [0, 0.1) is 5.92 Å². The SMILES string of the molecule is CCOc1ccc(N2C(=O)[C@@H]3[C@H](ON(c4ccc(Cl)cc4)[C@@H]3c3ccc(C(F)(F)F)cc3)C2=O)cc1. The molecule has 2 saturated heterocycles. The number of ether oxygens (including phenoxy) is 1. The van der Waals surface area contributed by atoms with Crippen molar-refractivity contribution in [1.82, 2.24) is 0 Å². The van der Waals surface area contributed by atoms with Crippen molar-refractivity contribution in [3.05, 3.63) is 88.9 Å². The van der Waals surface area contributed by atoms with Crippen LogP contribution in [0.5, 0.6) is 5.75 Å². The Balaban J connectivity index is 1.53. The Morgan fingerprint density at radius 2 is 1.50 bits per heavy atom. The molecule has 2 heterocycles. The molecule has 0 saturated carbocycles. The van der Waals surface area contributed by atoms with Crippen molar-refractivity contribution in [2.24, 2.45) is 5.92 Å². The number of anilines is 2. The summed E-state index contributed by atoms with van der Waals surface area (Å²) in [6.45, 7) is 2.31. The van der Waals surface area contributed by atoms with Crippen molar-refractivity contribution >= 4 is 34.8 Å². The van der Waals surface area contributed by atoms with Crippen LogP contribution in [0.1, 0.15) is 24.1 Å². The minimum absolute atomic E-state index is 0.357. The largest absolute Gasteiger partial charge is 0.494 e. The highest BCUT2D eigenvalue weighted by atomic mass is 35.5. The van der Waals surface area contributed by atoms with Crippen LogP contribution in [0.4, 0.5) is 24.5 Å². The fourth-order valence-corrected chi connectivity index (χ4v) is 4.67. The standard InChI is InChI=1S/C26H20ClF3N2O4/c1-2-35-20-13-11-18(12-14-20)31-24(33)21-22(15-3-5-16(6-4-15)26(28,29)30)32(36-23(21)25(31)34)19-9-7-17(27)8-10-19/h3-14,21-23H,2H2,1H3/t21-,22+,23-/m0/s1. The minimum Gasteiger partial charge on any atom is -0.494 e. The van der Waals surface area contributed by atoms with Crippen molar-refractivity contribution in [1.29, 1.82) is 0 Å². The maximum atomic E-state index is 13.6. The summed E-state index contributed by atoms with van der Waals surface area (Å²) >= 11 is 6.00. The molecule has 36 heavy (non-hydrogen) atoms. The molecule has 0 aromatic heterocycles. The van der Waals surface area contributed by atoms with Gasteiger partial charge in [0.25, 0.3) is 5.91 Å². The van der Waals surface area contributed by atoms with Gasteiger partial charge < -0.3 is 4.74 Å². The minimum atomic E-state index is -4.51. The highest BCUT2D eigenvalue weighted by molar-refractivity contribution is 6.30. The number of alkyl halides is 3. The number of hydroxylamine groups is 1. The van der Waals surface area contributed by atoms with Gasteiger partial charge in [-0.3, -0.25) is 14.4 Å². The smallest absolute Gasteiger partial charge is 0.416 e. The molecule has 2 aliphatic rings. The topological polar surface area (TPSA) is 59.1 Å². The number of imide groups is 1. The average Bonchev–Trinajstić information content (AvgIpc) is 3.36. The molecule has 0 unspecified atom stereocenters. The van der Waals surface area contributed by atoms with E-state index in [-0.39, 0.29) is 0 Å².